The lowest BCUT2D eigenvalue weighted by Gasteiger charge is -2.39. The van der Waals surface area contributed by atoms with Crippen LogP contribution in [0.4, 0.5) is 28.4 Å². The van der Waals surface area contributed by atoms with Crippen LogP contribution in [0.5, 0.6) is 0 Å². The number of hydrogen-bond acceptors (Lipinski definition) is 11. The summed E-state index contributed by atoms with van der Waals surface area (Å²) in [7, 11) is 0. The van der Waals surface area contributed by atoms with Crippen molar-refractivity contribution >= 4 is 46.2 Å². The lowest BCUT2D eigenvalue weighted by atomic mass is 9.82. The van der Waals surface area contributed by atoms with Gasteiger partial charge in [-0.15, -0.1) is 5.10 Å². The number of anilines is 5. The fraction of sp³-hybridized carbons (Fsp3) is 0.351. The van der Waals surface area contributed by atoms with Crippen molar-refractivity contribution in [2.75, 3.05) is 70.6 Å². The van der Waals surface area contributed by atoms with E-state index in [4.69, 9.17) is 0 Å². The van der Waals surface area contributed by atoms with Gasteiger partial charge in [0.25, 0.3) is 17.7 Å². The van der Waals surface area contributed by atoms with Gasteiger partial charge in [0.1, 0.15) is 11.1 Å². The van der Waals surface area contributed by atoms with Gasteiger partial charge in [0.05, 0.1) is 43.8 Å². The van der Waals surface area contributed by atoms with Gasteiger partial charge in [0.2, 0.25) is 0 Å². The topological polar surface area (TPSA) is 163 Å². The fourth-order valence-electron chi connectivity index (χ4n) is 11.9. The highest BCUT2D eigenvalue weighted by Gasteiger charge is 2.56. The van der Waals surface area contributed by atoms with Gasteiger partial charge in [0, 0.05) is 47.0 Å². The number of aromatic nitrogens is 3. The molecule has 370 valence electrons. The highest BCUT2D eigenvalue weighted by Crippen LogP contribution is 2.49. The van der Waals surface area contributed by atoms with E-state index in [2.05, 4.69) is 42.9 Å². The number of nitrogens with one attached hydrogen (secondary N) is 2. The van der Waals surface area contributed by atoms with E-state index in [1.807, 2.05) is 156 Å². The van der Waals surface area contributed by atoms with Crippen LogP contribution < -0.4 is 35.1 Å². The average molecular weight is 967 g/mol. The number of nitrogens with zero attached hydrogens (tertiary/aromatic N) is 8. The van der Waals surface area contributed by atoms with Crippen molar-refractivity contribution in [3.05, 3.63) is 174 Å². The molecule has 5 aliphatic rings. The van der Waals surface area contributed by atoms with Gasteiger partial charge in [0.15, 0.2) is 5.60 Å². The molecule has 4 saturated heterocycles. The Kier molecular flexibility index (Phi) is 12.7. The zero-order valence-corrected chi connectivity index (χ0v) is 40.7. The van der Waals surface area contributed by atoms with E-state index < -0.39 is 28.5 Å². The molecule has 0 radical (unpaired) electrons. The molecule has 15 nitrogen and oxygen atoms in total. The summed E-state index contributed by atoms with van der Waals surface area (Å²) in [6.07, 6.45) is 8.90. The third kappa shape index (κ3) is 8.14. The number of aliphatic hydroxyl groups excluding tert-OH is 1. The van der Waals surface area contributed by atoms with Crippen LogP contribution in [0.15, 0.2) is 152 Å². The van der Waals surface area contributed by atoms with Gasteiger partial charge < -0.3 is 35.5 Å². The number of allylic oxidation sites excluding steroid dienone is 1. The maximum atomic E-state index is 15.2. The lowest BCUT2D eigenvalue weighted by Crippen LogP contribution is -2.55. The third-order valence-corrected chi connectivity index (χ3v) is 15.9. The Labute approximate surface area is 420 Å². The highest BCUT2D eigenvalue weighted by molar-refractivity contribution is 6.10. The van der Waals surface area contributed by atoms with E-state index in [1.54, 1.807) is 9.58 Å². The minimum Gasteiger partial charge on any atom is -0.395 e. The van der Waals surface area contributed by atoms with Gasteiger partial charge in [-0.2, -0.15) is 0 Å². The largest absolute Gasteiger partial charge is 0.395 e. The molecule has 5 aliphatic heterocycles. The Hall–Kier alpha value is -7.17. The number of fused-ring (bicyclic) bond motifs is 1. The van der Waals surface area contributed by atoms with Crippen LogP contribution in [0.25, 0.3) is 0 Å². The number of para-hydroxylation sites is 2. The molecule has 6 aromatic rings. The van der Waals surface area contributed by atoms with Crippen molar-refractivity contribution in [3.63, 3.8) is 0 Å². The predicted molar refractivity (Wildman–Crippen MR) is 279 cm³/mol. The molecule has 3 amide bonds. The molecule has 3 atom stereocenters. The van der Waals surface area contributed by atoms with Gasteiger partial charge in [-0.25, -0.2) is 0 Å². The van der Waals surface area contributed by atoms with Crippen molar-refractivity contribution in [3.8, 4) is 0 Å². The zero-order valence-electron chi connectivity index (χ0n) is 40.7. The molecule has 2 spiro atoms. The number of carbonyl (C=O) groups is 3. The average Bonchev–Trinajstić information content (AvgIpc) is 4.14. The van der Waals surface area contributed by atoms with Crippen LogP contribution >= 0.6 is 0 Å². The van der Waals surface area contributed by atoms with Crippen LogP contribution in [0, 0.1) is 5.92 Å². The molecule has 0 saturated carbocycles. The maximum absolute atomic E-state index is 15.2. The van der Waals surface area contributed by atoms with E-state index in [9.17, 15) is 19.8 Å². The minimum absolute atomic E-state index is 0.00110. The van der Waals surface area contributed by atoms with Crippen molar-refractivity contribution in [1.29, 1.82) is 0 Å². The summed E-state index contributed by atoms with van der Waals surface area (Å²) in [6.45, 7) is 6.03. The van der Waals surface area contributed by atoms with Crippen LogP contribution in [0.1, 0.15) is 67.3 Å². The van der Waals surface area contributed by atoms with Gasteiger partial charge in [-0.05, 0) is 124 Å². The number of hydrogen-bond donors (Lipinski definition) is 4. The predicted octanol–water partition coefficient (Wildman–Crippen LogP) is 6.29. The van der Waals surface area contributed by atoms with Gasteiger partial charge in [-0.1, -0.05) is 103 Å². The second-order valence-electron chi connectivity index (χ2n) is 19.9. The Bertz CT molecular complexity index is 2960. The number of rotatable bonds is 14. The van der Waals surface area contributed by atoms with Gasteiger partial charge >= 0.3 is 0 Å². The number of piperidine rings is 2. The summed E-state index contributed by atoms with van der Waals surface area (Å²) in [5, 5.41) is 38.9. The molecule has 1 aromatic heterocycles. The first-order valence-corrected chi connectivity index (χ1v) is 25.4. The molecule has 1 unspecified atom stereocenters. The Morgan fingerprint density at radius 3 is 1.81 bits per heavy atom. The number of aryl methyl sites for hydroxylation is 1. The number of carbonyl (C=O) groups excluding carboxylic acids is 3. The second-order valence-corrected chi connectivity index (χ2v) is 19.9. The normalized spacial score (nSPS) is 21.4. The number of aliphatic hydroxyl groups is 2. The number of amides is 3. The van der Waals surface area contributed by atoms with E-state index in [-0.39, 0.29) is 30.9 Å². The van der Waals surface area contributed by atoms with Crippen molar-refractivity contribution in [1.82, 2.24) is 25.6 Å². The maximum Gasteiger partial charge on any atom is 0.264 e. The standard InChI is InChI=1S/C57H62N10O5/c1-41(14-11-12-33-62-37-50(60-61-62)48(38-68)43-16-5-2-6-17-43)57(72)49-35-47(65-40-67(45-20-9-4-10-21-45)56(53(65)70)27-31-59-32-28-56)23-24-51(49)63(54(57)71)36-42-15-13-22-46(34-42)64-39-66(44-18-7-3-8-19-44)55(52(64)69)25-29-58-30-26-55/h2-11,13-24,34-35,37,41,48,58-59,68,72H,12,25-33,36,38-40H2,1H3/b14-11+/t41-,48?,57+/m0/s1. The molecule has 0 bridgehead atoms. The van der Waals surface area contributed by atoms with E-state index in [1.165, 1.54) is 0 Å². The summed E-state index contributed by atoms with van der Waals surface area (Å²) in [6, 6.07) is 43.4. The fourth-order valence-corrected chi connectivity index (χ4v) is 11.9. The number of benzene rings is 5. The molecule has 6 heterocycles. The Morgan fingerprint density at radius 1 is 0.667 bits per heavy atom. The summed E-state index contributed by atoms with van der Waals surface area (Å²) < 4.78 is 1.74. The second kappa shape index (κ2) is 19.4. The third-order valence-electron chi connectivity index (χ3n) is 15.9. The molecule has 4 N–H and O–H groups in total. The van der Waals surface area contributed by atoms with Gasteiger partial charge in [-0.3, -0.25) is 28.9 Å². The van der Waals surface area contributed by atoms with E-state index >= 15 is 4.79 Å². The first-order valence-electron chi connectivity index (χ1n) is 25.4. The molecule has 72 heavy (non-hydrogen) atoms. The summed E-state index contributed by atoms with van der Waals surface area (Å²) >= 11 is 0. The van der Waals surface area contributed by atoms with Crippen molar-refractivity contribution < 1.29 is 24.6 Å². The molecule has 4 fully saturated rings. The quantitative estimate of drug-likeness (QED) is 0.0910. The lowest BCUT2D eigenvalue weighted by molar-refractivity contribution is -0.139. The monoisotopic (exact) mass is 966 g/mol. The molecule has 15 heteroatoms. The molecular weight excluding hydrogens is 905 g/mol. The first-order chi connectivity index (χ1) is 35.1. The minimum atomic E-state index is -1.99. The van der Waals surface area contributed by atoms with Crippen molar-refractivity contribution in [2.24, 2.45) is 5.92 Å². The van der Waals surface area contributed by atoms with E-state index in [0.29, 0.717) is 87.7 Å². The van der Waals surface area contributed by atoms with Crippen LogP contribution in [-0.2, 0) is 33.1 Å². The van der Waals surface area contributed by atoms with Crippen molar-refractivity contribution in [2.45, 2.75) is 74.7 Å². The summed E-state index contributed by atoms with van der Waals surface area (Å²) in [4.78, 5) is 54.5. The van der Waals surface area contributed by atoms with E-state index in [0.717, 1.165) is 41.3 Å². The van der Waals surface area contributed by atoms with Crippen LogP contribution in [0.3, 0.4) is 0 Å². The van der Waals surface area contributed by atoms with Crippen LogP contribution in [-0.4, -0.2) is 100 Å². The first kappa shape index (κ1) is 47.2. The highest BCUT2D eigenvalue weighted by atomic mass is 16.3. The Balaban J connectivity index is 0.895. The summed E-state index contributed by atoms with van der Waals surface area (Å²) in [5.41, 5.74) is 3.37. The Morgan fingerprint density at radius 2 is 1.22 bits per heavy atom. The molecule has 11 rings (SSSR count). The van der Waals surface area contributed by atoms with Crippen LogP contribution in [0.2, 0.25) is 0 Å². The summed E-state index contributed by atoms with van der Waals surface area (Å²) in [5.74, 6) is -1.38. The smallest absolute Gasteiger partial charge is 0.264 e. The SMILES string of the molecule is C[C@@H](/C=C/CCn1cc(C(CO)c2ccccc2)nn1)[C@]1(O)C(=O)N(Cc2cccc(N3CN(c4ccccc4)C4(CCNCC4)C3=O)c2)c2ccc(N3CN(c4ccccc4)C4(CCNCC4)C3=O)cc21. The molecular formula is C57H62N10O5. The molecule has 0 aliphatic carbocycles. The zero-order chi connectivity index (χ0) is 49.5. The molecule has 5 aromatic carbocycles.